The SMILES string of the molecule is CN1CC2CCC(C1)N2c1ccc(F)cc1. The Hall–Kier alpha value is -1.09. The van der Waals surface area contributed by atoms with Crippen LogP contribution >= 0.6 is 0 Å². The fraction of sp³-hybridized carbons (Fsp3) is 0.538. The molecule has 3 heteroatoms. The molecule has 2 nitrogen and oxygen atoms in total. The molecule has 0 saturated carbocycles. The van der Waals surface area contributed by atoms with Crippen LogP contribution in [0.5, 0.6) is 0 Å². The molecule has 1 aromatic carbocycles. The van der Waals surface area contributed by atoms with Gasteiger partial charge in [-0.2, -0.15) is 0 Å². The van der Waals surface area contributed by atoms with Gasteiger partial charge >= 0.3 is 0 Å². The van der Waals surface area contributed by atoms with Crippen molar-refractivity contribution in [3.63, 3.8) is 0 Å². The fourth-order valence-corrected chi connectivity index (χ4v) is 3.15. The Morgan fingerprint density at radius 1 is 1.06 bits per heavy atom. The van der Waals surface area contributed by atoms with Gasteiger partial charge in [0.1, 0.15) is 5.82 Å². The standard InChI is InChI=1S/C13H17FN2/c1-15-8-12-6-7-13(9-15)16(12)11-4-2-10(14)3-5-11/h2-5,12-13H,6-9H2,1H3. The molecule has 16 heavy (non-hydrogen) atoms. The molecule has 1 aromatic rings. The van der Waals surface area contributed by atoms with Crippen LogP contribution in [0, 0.1) is 5.82 Å². The first-order valence-corrected chi connectivity index (χ1v) is 5.96. The Balaban J connectivity index is 1.88. The van der Waals surface area contributed by atoms with E-state index in [-0.39, 0.29) is 5.82 Å². The summed E-state index contributed by atoms with van der Waals surface area (Å²) in [7, 11) is 2.19. The predicted molar refractivity (Wildman–Crippen MR) is 63.2 cm³/mol. The highest BCUT2D eigenvalue weighted by atomic mass is 19.1. The van der Waals surface area contributed by atoms with Crippen LogP contribution in [0.25, 0.3) is 0 Å². The van der Waals surface area contributed by atoms with Crippen LogP contribution in [0.3, 0.4) is 0 Å². The third-order valence-electron chi connectivity index (χ3n) is 3.79. The monoisotopic (exact) mass is 220 g/mol. The third kappa shape index (κ3) is 1.59. The Bertz CT molecular complexity index is 362. The Morgan fingerprint density at radius 3 is 2.19 bits per heavy atom. The van der Waals surface area contributed by atoms with Crippen LogP contribution in [0.4, 0.5) is 10.1 Å². The number of hydrogen-bond acceptors (Lipinski definition) is 2. The van der Waals surface area contributed by atoms with Gasteiger partial charge in [-0.3, -0.25) is 0 Å². The topological polar surface area (TPSA) is 6.48 Å². The number of rotatable bonds is 1. The first-order valence-electron chi connectivity index (χ1n) is 5.96. The van der Waals surface area contributed by atoms with Crippen LogP contribution in [0.15, 0.2) is 24.3 Å². The van der Waals surface area contributed by atoms with Crippen LogP contribution in [-0.2, 0) is 0 Å². The van der Waals surface area contributed by atoms with Gasteiger partial charge in [0, 0.05) is 30.9 Å². The lowest BCUT2D eigenvalue weighted by Crippen LogP contribution is -2.52. The lowest BCUT2D eigenvalue weighted by Gasteiger charge is -2.41. The van der Waals surface area contributed by atoms with Crippen LogP contribution < -0.4 is 4.90 Å². The van der Waals surface area contributed by atoms with Gasteiger partial charge in [-0.05, 0) is 44.2 Å². The van der Waals surface area contributed by atoms with Crippen molar-refractivity contribution in [1.29, 1.82) is 0 Å². The first kappa shape index (κ1) is 10.1. The highest BCUT2D eigenvalue weighted by molar-refractivity contribution is 5.50. The number of piperazine rings is 1. The lowest BCUT2D eigenvalue weighted by atomic mass is 10.1. The van der Waals surface area contributed by atoms with Crippen molar-refractivity contribution in [3.05, 3.63) is 30.1 Å². The molecule has 0 spiro atoms. The molecule has 0 aliphatic carbocycles. The van der Waals surface area contributed by atoms with Crippen molar-refractivity contribution in [2.45, 2.75) is 24.9 Å². The minimum absolute atomic E-state index is 0.148. The van der Waals surface area contributed by atoms with Crippen LogP contribution in [-0.4, -0.2) is 37.1 Å². The molecule has 0 N–H and O–H groups in total. The summed E-state index contributed by atoms with van der Waals surface area (Å²) in [6, 6.07) is 8.18. The van der Waals surface area contributed by atoms with E-state index >= 15 is 0 Å². The average molecular weight is 220 g/mol. The van der Waals surface area contributed by atoms with E-state index < -0.39 is 0 Å². The zero-order valence-corrected chi connectivity index (χ0v) is 9.56. The maximum absolute atomic E-state index is 12.9. The predicted octanol–water partition coefficient (Wildman–Crippen LogP) is 2.11. The van der Waals surface area contributed by atoms with Gasteiger partial charge in [-0.15, -0.1) is 0 Å². The maximum atomic E-state index is 12.9. The second-order valence-corrected chi connectivity index (χ2v) is 4.99. The number of fused-ring (bicyclic) bond motifs is 2. The molecular weight excluding hydrogens is 203 g/mol. The summed E-state index contributed by atoms with van der Waals surface area (Å²) in [6.45, 7) is 2.27. The van der Waals surface area contributed by atoms with E-state index in [1.165, 1.54) is 18.5 Å². The summed E-state index contributed by atoms with van der Waals surface area (Å²) >= 11 is 0. The molecule has 2 fully saturated rings. The maximum Gasteiger partial charge on any atom is 0.123 e. The number of likely N-dealkylation sites (N-methyl/N-ethyl adjacent to an activating group) is 1. The summed E-state index contributed by atoms with van der Waals surface area (Å²) in [5, 5.41) is 0. The van der Waals surface area contributed by atoms with Crippen LogP contribution in [0.1, 0.15) is 12.8 Å². The summed E-state index contributed by atoms with van der Waals surface area (Å²) in [4.78, 5) is 4.89. The van der Waals surface area contributed by atoms with Gasteiger partial charge in [0.25, 0.3) is 0 Å². The molecule has 2 atom stereocenters. The molecule has 2 saturated heterocycles. The van der Waals surface area contributed by atoms with Gasteiger partial charge in [0.15, 0.2) is 0 Å². The molecule has 0 radical (unpaired) electrons. The van der Waals surface area contributed by atoms with Crippen molar-refractivity contribution in [2.24, 2.45) is 0 Å². The Labute approximate surface area is 95.7 Å². The molecule has 0 amide bonds. The Morgan fingerprint density at radius 2 is 1.62 bits per heavy atom. The summed E-state index contributed by atoms with van der Waals surface area (Å²) < 4.78 is 12.9. The van der Waals surface area contributed by atoms with E-state index in [0.717, 1.165) is 13.1 Å². The number of hydrogen-bond donors (Lipinski definition) is 0. The van der Waals surface area contributed by atoms with E-state index in [1.54, 1.807) is 12.1 Å². The average Bonchev–Trinajstić information content (AvgIpc) is 2.54. The fourth-order valence-electron chi connectivity index (χ4n) is 3.15. The molecule has 2 unspecified atom stereocenters. The number of anilines is 1. The van der Waals surface area contributed by atoms with Crippen molar-refractivity contribution >= 4 is 5.69 Å². The minimum atomic E-state index is -0.148. The van der Waals surface area contributed by atoms with Gasteiger partial charge in [-0.1, -0.05) is 0 Å². The zero-order valence-electron chi connectivity index (χ0n) is 9.56. The normalized spacial score (nSPS) is 29.8. The highest BCUT2D eigenvalue weighted by Gasteiger charge is 2.38. The quantitative estimate of drug-likeness (QED) is 0.715. The first-order chi connectivity index (χ1) is 7.74. The minimum Gasteiger partial charge on any atom is -0.363 e. The van der Waals surface area contributed by atoms with Crippen molar-refractivity contribution in [2.75, 3.05) is 25.0 Å². The van der Waals surface area contributed by atoms with Gasteiger partial charge < -0.3 is 9.80 Å². The van der Waals surface area contributed by atoms with Crippen molar-refractivity contribution in [1.82, 2.24) is 4.90 Å². The Kier molecular flexibility index (Phi) is 2.36. The second-order valence-electron chi connectivity index (χ2n) is 4.99. The number of likely N-dealkylation sites (tertiary alicyclic amines) is 1. The number of halogens is 1. The van der Waals surface area contributed by atoms with E-state index in [0.29, 0.717) is 12.1 Å². The largest absolute Gasteiger partial charge is 0.363 e. The van der Waals surface area contributed by atoms with E-state index in [9.17, 15) is 4.39 Å². The molecule has 2 heterocycles. The number of benzene rings is 1. The second kappa shape index (κ2) is 3.74. The van der Waals surface area contributed by atoms with Gasteiger partial charge in [-0.25, -0.2) is 4.39 Å². The molecule has 2 aliphatic heterocycles. The third-order valence-corrected chi connectivity index (χ3v) is 3.79. The molecule has 3 rings (SSSR count). The van der Waals surface area contributed by atoms with Crippen LogP contribution in [0.2, 0.25) is 0 Å². The molecular formula is C13H17FN2. The number of nitrogens with zero attached hydrogens (tertiary/aromatic N) is 2. The smallest absolute Gasteiger partial charge is 0.123 e. The van der Waals surface area contributed by atoms with Crippen molar-refractivity contribution < 1.29 is 4.39 Å². The zero-order chi connectivity index (χ0) is 11.1. The molecule has 2 aliphatic rings. The van der Waals surface area contributed by atoms with Crippen molar-refractivity contribution in [3.8, 4) is 0 Å². The van der Waals surface area contributed by atoms with E-state index in [4.69, 9.17) is 0 Å². The van der Waals surface area contributed by atoms with Gasteiger partial charge in [0.2, 0.25) is 0 Å². The molecule has 0 aromatic heterocycles. The summed E-state index contributed by atoms with van der Waals surface area (Å²) in [5.74, 6) is -0.148. The van der Waals surface area contributed by atoms with E-state index in [1.807, 2.05) is 12.1 Å². The van der Waals surface area contributed by atoms with Gasteiger partial charge in [0.05, 0.1) is 0 Å². The lowest BCUT2D eigenvalue weighted by molar-refractivity contribution is 0.265. The molecule has 86 valence electrons. The highest BCUT2D eigenvalue weighted by Crippen LogP contribution is 2.34. The summed E-state index contributed by atoms with van der Waals surface area (Å²) in [6.07, 6.45) is 2.54. The van der Waals surface area contributed by atoms with E-state index in [2.05, 4.69) is 16.8 Å². The molecule has 2 bridgehead atoms. The summed E-state index contributed by atoms with van der Waals surface area (Å²) in [5.41, 5.74) is 1.18.